The van der Waals surface area contributed by atoms with Crippen molar-refractivity contribution >= 4 is 5.91 Å². The Hall–Kier alpha value is -1.55. The Morgan fingerprint density at radius 3 is 2.39 bits per heavy atom. The lowest BCUT2D eigenvalue weighted by molar-refractivity contribution is -0.122. The first-order valence-corrected chi connectivity index (χ1v) is 6.23. The van der Waals surface area contributed by atoms with Gasteiger partial charge in [-0.15, -0.1) is 0 Å². The van der Waals surface area contributed by atoms with E-state index >= 15 is 0 Å². The van der Waals surface area contributed by atoms with Gasteiger partial charge in [0.15, 0.2) is 0 Å². The van der Waals surface area contributed by atoms with Crippen molar-refractivity contribution in [2.75, 3.05) is 0 Å². The highest BCUT2D eigenvalue weighted by Crippen LogP contribution is 2.25. The first kappa shape index (κ1) is 14.5. The first-order chi connectivity index (χ1) is 8.41. The molecule has 0 spiro atoms. The summed E-state index contributed by atoms with van der Waals surface area (Å²) >= 11 is 0. The Labute approximate surface area is 109 Å². The number of amides is 1. The summed E-state index contributed by atoms with van der Waals surface area (Å²) in [4.78, 5) is 11.6. The predicted molar refractivity (Wildman–Crippen MR) is 72.4 cm³/mol. The number of hydrogen-bond donors (Lipinski definition) is 2. The van der Waals surface area contributed by atoms with Crippen LogP contribution in [0.3, 0.4) is 0 Å². The molecule has 0 heterocycles. The molecule has 2 unspecified atom stereocenters. The minimum atomic E-state index is -0.509. The standard InChI is InChI=1S/C14H22N2O2/c1-9(2)18-13-8-6-5-7-12(13)11(4)16-14(17)10(3)15/h5-11H,15H2,1-4H3,(H,16,17). The van der Waals surface area contributed by atoms with Gasteiger partial charge in [-0.25, -0.2) is 0 Å². The van der Waals surface area contributed by atoms with Crippen LogP contribution in [0.25, 0.3) is 0 Å². The maximum atomic E-state index is 11.6. The van der Waals surface area contributed by atoms with E-state index in [4.69, 9.17) is 10.5 Å². The van der Waals surface area contributed by atoms with Crippen molar-refractivity contribution in [3.05, 3.63) is 29.8 Å². The van der Waals surface area contributed by atoms with Crippen molar-refractivity contribution in [1.82, 2.24) is 5.32 Å². The molecule has 1 aromatic rings. The van der Waals surface area contributed by atoms with Crippen LogP contribution < -0.4 is 15.8 Å². The van der Waals surface area contributed by atoms with Crippen molar-refractivity contribution < 1.29 is 9.53 Å². The molecule has 4 nitrogen and oxygen atoms in total. The third kappa shape index (κ3) is 4.04. The van der Waals surface area contributed by atoms with Crippen LogP contribution in [0.2, 0.25) is 0 Å². The summed E-state index contributed by atoms with van der Waals surface area (Å²) in [5.74, 6) is 0.631. The molecule has 0 aliphatic carbocycles. The van der Waals surface area contributed by atoms with Gasteiger partial charge in [-0.2, -0.15) is 0 Å². The summed E-state index contributed by atoms with van der Waals surface area (Å²) in [7, 11) is 0. The third-order valence-electron chi connectivity index (χ3n) is 2.52. The molecule has 1 amide bonds. The molecule has 4 heteroatoms. The number of carbonyl (C=O) groups is 1. The normalized spacial score (nSPS) is 14.1. The lowest BCUT2D eigenvalue weighted by Crippen LogP contribution is -2.39. The van der Waals surface area contributed by atoms with E-state index in [2.05, 4.69) is 5.32 Å². The molecule has 0 fully saturated rings. The fraction of sp³-hybridized carbons (Fsp3) is 0.500. The van der Waals surface area contributed by atoms with Gasteiger partial charge in [-0.05, 0) is 33.8 Å². The van der Waals surface area contributed by atoms with Crippen LogP contribution in [-0.2, 0) is 4.79 Å². The quantitative estimate of drug-likeness (QED) is 0.840. The fourth-order valence-electron chi connectivity index (χ4n) is 1.62. The predicted octanol–water partition coefficient (Wildman–Crippen LogP) is 2.00. The van der Waals surface area contributed by atoms with E-state index in [9.17, 15) is 4.79 Å². The SMILES string of the molecule is CC(C)Oc1ccccc1C(C)NC(=O)C(C)N. The maximum Gasteiger partial charge on any atom is 0.237 e. The summed E-state index contributed by atoms with van der Waals surface area (Å²) in [5.41, 5.74) is 6.50. The highest BCUT2D eigenvalue weighted by Gasteiger charge is 2.16. The first-order valence-electron chi connectivity index (χ1n) is 6.23. The largest absolute Gasteiger partial charge is 0.491 e. The van der Waals surface area contributed by atoms with Gasteiger partial charge in [-0.3, -0.25) is 4.79 Å². The molecule has 0 aliphatic heterocycles. The summed E-state index contributed by atoms with van der Waals surface area (Å²) in [5, 5.41) is 2.87. The zero-order valence-electron chi connectivity index (χ0n) is 11.4. The summed E-state index contributed by atoms with van der Waals surface area (Å²) < 4.78 is 5.73. The zero-order chi connectivity index (χ0) is 13.7. The highest BCUT2D eigenvalue weighted by molar-refractivity contribution is 5.81. The summed E-state index contributed by atoms with van der Waals surface area (Å²) in [6.45, 7) is 7.53. The molecule has 18 heavy (non-hydrogen) atoms. The molecule has 0 bridgehead atoms. The number of rotatable bonds is 5. The van der Waals surface area contributed by atoms with Crippen molar-refractivity contribution in [3.8, 4) is 5.75 Å². The van der Waals surface area contributed by atoms with Gasteiger partial charge in [0.05, 0.1) is 18.2 Å². The Kier molecular flexibility index (Phi) is 5.16. The Balaban J connectivity index is 2.84. The number of ether oxygens (including phenoxy) is 1. The van der Waals surface area contributed by atoms with Crippen LogP contribution in [-0.4, -0.2) is 18.1 Å². The smallest absolute Gasteiger partial charge is 0.237 e. The Bertz CT molecular complexity index is 403. The minimum absolute atomic E-state index is 0.0995. The number of hydrogen-bond acceptors (Lipinski definition) is 3. The van der Waals surface area contributed by atoms with Crippen molar-refractivity contribution in [1.29, 1.82) is 0 Å². The van der Waals surface area contributed by atoms with E-state index in [0.29, 0.717) is 0 Å². The van der Waals surface area contributed by atoms with Gasteiger partial charge in [0.1, 0.15) is 5.75 Å². The van der Waals surface area contributed by atoms with Crippen molar-refractivity contribution in [2.24, 2.45) is 5.73 Å². The molecular weight excluding hydrogens is 228 g/mol. The minimum Gasteiger partial charge on any atom is -0.491 e. The number of benzene rings is 1. The van der Waals surface area contributed by atoms with E-state index in [1.165, 1.54) is 0 Å². The van der Waals surface area contributed by atoms with Gasteiger partial charge >= 0.3 is 0 Å². The van der Waals surface area contributed by atoms with Crippen LogP contribution in [0.4, 0.5) is 0 Å². The molecule has 0 aromatic heterocycles. The number of nitrogens with one attached hydrogen (secondary N) is 1. The topological polar surface area (TPSA) is 64.3 Å². The van der Waals surface area contributed by atoms with Crippen LogP contribution in [0.5, 0.6) is 5.75 Å². The lowest BCUT2D eigenvalue weighted by atomic mass is 10.1. The molecule has 3 N–H and O–H groups in total. The number of nitrogens with two attached hydrogens (primary N) is 1. The average Bonchev–Trinajstić information content (AvgIpc) is 2.28. The Morgan fingerprint density at radius 2 is 1.83 bits per heavy atom. The zero-order valence-corrected chi connectivity index (χ0v) is 11.4. The van der Waals surface area contributed by atoms with Gasteiger partial charge in [0, 0.05) is 5.56 Å². The molecular formula is C14H22N2O2. The second-order valence-corrected chi connectivity index (χ2v) is 4.72. The maximum absolute atomic E-state index is 11.6. The molecule has 0 saturated heterocycles. The second kappa shape index (κ2) is 6.40. The molecule has 0 aliphatic rings. The van der Waals surface area contributed by atoms with Gasteiger partial charge in [0.2, 0.25) is 5.91 Å². The van der Waals surface area contributed by atoms with E-state index in [1.54, 1.807) is 6.92 Å². The lowest BCUT2D eigenvalue weighted by Gasteiger charge is -2.20. The number of carbonyl (C=O) groups excluding carboxylic acids is 1. The number of para-hydroxylation sites is 1. The molecule has 0 saturated carbocycles. The van der Waals surface area contributed by atoms with Gasteiger partial charge in [-0.1, -0.05) is 18.2 Å². The molecule has 100 valence electrons. The van der Waals surface area contributed by atoms with Crippen LogP contribution >= 0.6 is 0 Å². The van der Waals surface area contributed by atoms with Gasteiger partial charge < -0.3 is 15.8 Å². The molecule has 1 rings (SSSR count). The summed E-state index contributed by atoms with van der Waals surface area (Å²) in [6, 6.07) is 7.07. The van der Waals surface area contributed by atoms with E-state index < -0.39 is 6.04 Å². The monoisotopic (exact) mass is 250 g/mol. The second-order valence-electron chi connectivity index (χ2n) is 4.72. The molecule has 0 radical (unpaired) electrons. The Morgan fingerprint density at radius 1 is 1.22 bits per heavy atom. The third-order valence-corrected chi connectivity index (χ3v) is 2.52. The van der Waals surface area contributed by atoms with Crippen LogP contribution in [0, 0.1) is 0 Å². The molecule has 1 aromatic carbocycles. The van der Waals surface area contributed by atoms with E-state index in [1.807, 2.05) is 45.0 Å². The summed E-state index contributed by atoms with van der Waals surface area (Å²) in [6.07, 6.45) is 0.0995. The van der Waals surface area contributed by atoms with E-state index in [-0.39, 0.29) is 18.1 Å². The average molecular weight is 250 g/mol. The van der Waals surface area contributed by atoms with Gasteiger partial charge in [0.25, 0.3) is 0 Å². The van der Waals surface area contributed by atoms with Crippen LogP contribution in [0.1, 0.15) is 39.3 Å². The van der Waals surface area contributed by atoms with Crippen molar-refractivity contribution in [2.45, 2.75) is 45.9 Å². The van der Waals surface area contributed by atoms with Crippen LogP contribution in [0.15, 0.2) is 24.3 Å². The van der Waals surface area contributed by atoms with E-state index in [0.717, 1.165) is 11.3 Å². The highest BCUT2D eigenvalue weighted by atomic mass is 16.5. The van der Waals surface area contributed by atoms with Crippen molar-refractivity contribution in [3.63, 3.8) is 0 Å². The molecule has 2 atom stereocenters. The fourth-order valence-corrected chi connectivity index (χ4v) is 1.62.